The van der Waals surface area contributed by atoms with Gasteiger partial charge in [0.25, 0.3) is 0 Å². The summed E-state index contributed by atoms with van der Waals surface area (Å²) >= 11 is 0. The highest BCUT2D eigenvalue weighted by atomic mass is 19.1. The van der Waals surface area contributed by atoms with Crippen LogP contribution in [0.4, 0.5) is 8.78 Å². The lowest BCUT2D eigenvalue weighted by Gasteiger charge is -2.50. The summed E-state index contributed by atoms with van der Waals surface area (Å²) in [7, 11) is 0. The quantitative estimate of drug-likeness (QED) is 0.533. The van der Waals surface area contributed by atoms with Gasteiger partial charge in [0, 0.05) is 25.2 Å². The van der Waals surface area contributed by atoms with Gasteiger partial charge in [-0.25, -0.2) is 8.78 Å². The molecule has 2 unspecified atom stereocenters. The van der Waals surface area contributed by atoms with E-state index in [1.165, 1.54) is 64.2 Å². The van der Waals surface area contributed by atoms with Crippen molar-refractivity contribution in [2.45, 2.75) is 82.3 Å². The standard InChI is InChI=1S/C29H38F2N2/c30-25-15-11-23(12-16-25)29(24-13-17-26(31)18-14-24)33-20-27(21-7-3-1-4-8-21)32-19-28(33)22-9-5-2-6-10-22/h11-18,21-22,27-29,32H,1-10,19-20H2. The van der Waals surface area contributed by atoms with E-state index in [1.54, 1.807) is 24.3 Å². The van der Waals surface area contributed by atoms with E-state index in [-0.39, 0.29) is 17.7 Å². The van der Waals surface area contributed by atoms with Crippen molar-refractivity contribution in [1.29, 1.82) is 0 Å². The van der Waals surface area contributed by atoms with Crippen LogP contribution in [0.5, 0.6) is 0 Å². The summed E-state index contributed by atoms with van der Waals surface area (Å²) in [5, 5.41) is 3.98. The predicted octanol–water partition coefficient (Wildman–Crippen LogP) is 6.86. The Morgan fingerprint density at radius 2 is 1.15 bits per heavy atom. The van der Waals surface area contributed by atoms with Crippen molar-refractivity contribution in [2.75, 3.05) is 13.1 Å². The molecule has 2 aromatic carbocycles. The van der Waals surface area contributed by atoms with Gasteiger partial charge in [0.1, 0.15) is 11.6 Å². The third-order valence-corrected chi connectivity index (χ3v) is 8.54. The molecule has 0 spiro atoms. The summed E-state index contributed by atoms with van der Waals surface area (Å²) in [4.78, 5) is 2.71. The molecule has 1 heterocycles. The summed E-state index contributed by atoms with van der Waals surface area (Å²) in [6.45, 7) is 2.02. The molecule has 2 saturated carbocycles. The van der Waals surface area contributed by atoms with E-state index >= 15 is 0 Å². The number of hydrogen-bond acceptors (Lipinski definition) is 2. The van der Waals surface area contributed by atoms with Crippen LogP contribution in [0.1, 0.15) is 81.4 Å². The van der Waals surface area contributed by atoms with Crippen molar-refractivity contribution in [3.63, 3.8) is 0 Å². The number of halogens is 2. The minimum atomic E-state index is -0.208. The molecule has 0 bridgehead atoms. The van der Waals surface area contributed by atoms with Crippen LogP contribution in [0.15, 0.2) is 48.5 Å². The first-order valence-corrected chi connectivity index (χ1v) is 13.2. The van der Waals surface area contributed by atoms with Gasteiger partial charge in [-0.05, 0) is 72.9 Å². The van der Waals surface area contributed by atoms with Crippen LogP contribution in [-0.2, 0) is 0 Å². The molecule has 33 heavy (non-hydrogen) atoms. The number of piperazine rings is 1. The molecule has 1 aliphatic heterocycles. The van der Waals surface area contributed by atoms with Crippen LogP contribution in [-0.4, -0.2) is 30.1 Å². The Morgan fingerprint density at radius 1 is 0.667 bits per heavy atom. The SMILES string of the molecule is Fc1ccc(C(c2ccc(F)cc2)N2CC(C3CCCCC3)NCC2C2CCCCC2)cc1. The second kappa shape index (κ2) is 10.7. The van der Waals surface area contributed by atoms with E-state index in [4.69, 9.17) is 0 Å². The van der Waals surface area contributed by atoms with Crippen LogP contribution >= 0.6 is 0 Å². The monoisotopic (exact) mass is 452 g/mol. The van der Waals surface area contributed by atoms with Gasteiger partial charge in [-0.1, -0.05) is 62.8 Å². The summed E-state index contributed by atoms with van der Waals surface area (Å²) in [6.07, 6.45) is 13.2. The van der Waals surface area contributed by atoms with Gasteiger partial charge in [-0.15, -0.1) is 0 Å². The molecule has 2 atom stereocenters. The van der Waals surface area contributed by atoms with Crippen molar-refractivity contribution in [1.82, 2.24) is 10.2 Å². The second-order valence-corrected chi connectivity index (χ2v) is 10.6. The van der Waals surface area contributed by atoms with E-state index in [0.29, 0.717) is 18.0 Å². The lowest BCUT2D eigenvalue weighted by Crippen LogP contribution is -2.61. The van der Waals surface area contributed by atoms with Gasteiger partial charge in [-0.3, -0.25) is 4.90 Å². The maximum Gasteiger partial charge on any atom is 0.123 e. The molecule has 0 amide bonds. The van der Waals surface area contributed by atoms with Crippen LogP contribution < -0.4 is 5.32 Å². The fraction of sp³-hybridized carbons (Fsp3) is 0.586. The molecule has 178 valence electrons. The minimum absolute atomic E-state index is 0.0197. The molecular weight excluding hydrogens is 414 g/mol. The molecule has 2 nitrogen and oxygen atoms in total. The fourth-order valence-electron chi connectivity index (χ4n) is 6.79. The van der Waals surface area contributed by atoms with Crippen LogP contribution in [0.2, 0.25) is 0 Å². The summed E-state index contributed by atoms with van der Waals surface area (Å²) in [5.41, 5.74) is 2.21. The third-order valence-electron chi connectivity index (χ3n) is 8.54. The van der Waals surface area contributed by atoms with E-state index in [2.05, 4.69) is 10.2 Å². The molecule has 3 fully saturated rings. The zero-order chi connectivity index (χ0) is 22.6. The lowest BCUT2D eigenvalue weighted by atomic mass is 9.78. The Hall–Kier alpha value is -1.78. The summed E-state index contributed by atoms with van der Waals surface area (Å²) < 4.78 is 27.7. The van der Waals surface area contributed by atoms with Gasteiger partial charge in [0.05, 0.1) is 6.04 Å². The van der Waals surface area contributed by atoms with Crippen molar-refractivity contribution in [2.24, 2.45) is 11.8 Å². The lowest BCUT2D eigenvalue weighted by molar-refractivity contribution is 0.0300. The second-order valence-electron chi connectivity index (χ2n) is 10.6. The van der Waals surface area contributed by atoms with Crippen LogP contribution in [0, 0.1) is 23.5 Å². The first kappa shape index (κ1) is 23.0. The number of nitrogens with one attached hydrogen (secondary N) is 1. The van der Waals surface area contributed by atoms with E-state index in [0.717, 1.165) is 30.1 Å². The maximum absolute atomic E-state index is 13.8. The van der Waals surface area contributed by atoms with Gasteiger partial charge in [0.2, 0.25) is 0 Å². The molecule has 1 saturated heterocycles. The predicted molar refractivity (Wildman–Crippen MR) is 130 cm³/mol. The molecule has 0 radical (unpaired) electrons. The van der Waals surface area contributed by atoms with Crippen molar-refractivity contribution >= 4 is 0 Å². The Bertz CT molecular complexity index is 824. The smallest absolute Gasteiger partial charge is 0.123 e. The Morgan fingerprint density at radius 3 is 1.67 bits per heavy atom. The third kappa shape index (κ3) is 5.33. The highest BCUT2D eigenvalue weighted by Crippen LogP contribution is 2.39. The highest BCUT2D eigenvalue weighted by Gasteiger charge is 2.40. The number of benzene rings is 2. The molecule has 4 heteroatoms. The van der Waals surface area contributed by atoms with Crippen molar-refractivity contribution < 1.29 is 8.78 Å². The fourth-order valence-corrected chi connectivity index (χ4v) is 6.79. The Labute approximate surface area is 197 Å². The Balaban J connectivity index is 1.51. The molecule has 2 aliphatic carbocycles. The van der Waals surface area contributed by atoms with E-state index < -0.39 is 0 Å². The highest BCUT2D eigenvalue weighted by molar-refractivity contribution is 5.33. The molecule has 2 aromatic rings. The summed E-state index contributed by atoms with van der Waals surface area (Å²) in [5.74, 6) is 0.999. The van der Waals surface area contributed by atoms with Gasteiger partial charge >= 0.3 is 0 Å². The van der Waals surface area contributed by atoms with E-state index in [1.807, 2.05) is 24.3 Å². The van der Waals surface area contributed by atoms with Gasteiger partial charge in [0.15, 0.2) is 0 Å². The Kier molecular flexibility index (Phi) is 7.42. The first-order valence-electron chi connectivity index (χ1n) is 13.2. The molecule has 0 aromatic heterocycles. The van der Waals surface area contributed by atoms with Crippen molar-refractivity contribution in [3.05, 3.63) is 71.3 Å². The summed E-state index contributed by atoms with van der Waals surface area (Å²) in [6, 6.07) is 15.0. The van der Waals surface area contributed by atoms with Gasteiger partial charge < -0.3 is 5.32 Å². The van der Waals surface area contributed by atoms with Crippen molar-refractivity contribution in [3.8, 4) is 0 Å². The van der Waals surface area contributed by atoms with Crippen LogP contribution in [0.25, 0.3) is 0 Å². The molecular formula is C29H38F2N2. The van der Waals surface area contributed by atoms with E-state index in [9.17, 15) is 8.78 Å². The van der Waals surface area contributed by atoms with Gasteiger partial charge in [-0.2, -0.15) is 0 Å². The number of rotatable bonds is 5. The zero-order valence-electron chi connectivity index (χ0n) is 19.7. The van der Waals surface area contributed by atoms with Crippen LogP contribution in [0.3, 0.4) is 0 Å². The average molecular weight is 453 g/mol. The molecule has 3 aliphatic rings. The molecule has 5 rings (SSSR count). The largest absolute Gasteiger partial charge is 0.311 e. The maximum atomic E-state index is 13.8. The normalized spacial score (nSPS) is 26.0. The number of hydrogen-bond donors (Lipinski definition) is 1. The molecule has 1 N–H and O–H groups in total. The number of nitrogens with zero attached hydrogens (tertiary/aromatic N) is 1. The zero-order valence-corrected chi connectivity index (χ0v) is 19.7. The topological polar surface area (TPSA) is 15.3 Å². The minimum Gasteiger partial charge on any atom is -0.311 e. The average Bonchev–Trinajstić information content (AvgIpc) is 2.87. The first-order chi connectivity index (χ1) is 16.2.